The van der Waals surface area contributed by atoms with Crippen molar-refractivity contribution in [2.24, 2.45) is 0 Å². The first-order valence-electron chi connectivity index (χ1n) is 8.30. The van der Waals surface area contributed by atoms with Crippen LogP contribution in [0.2, 0.25) is 0 Å². The molecule has 1 aromatic carbocycles. The molecule has 3 aromatic heterocycles. The van der Waals surface area contributed by atoms with Crippen molar-refractivity contribution in [2.45, 2.75) is 17.8 Å². The van der Waals surface area contributed by atoms with Crippen LogP contribution in [0.5, 0.6) is 5.75 Å². The fourth-order valence-corrected chi connectivity index (χ4v) is 3.90. The van der Waals surface area contributed by atoms with Gasteiger partial charge in [-0.15, -0.1) is 21.5 Å². The van der Waals surface area contributed by atoms with E-state index in [0.717, 1.165) is 27.6 Å². The quantitative estimate of drug-likeness (QED) is 0.370. The molecule has 0 spiro atoms. The Balaban J connectivity index is 1.45. The third-order valence-electron chi connectivity index (χ3n) is 3.76. The topological polar surface area (TPSA) is 92.0 Å². The van der Waals surface area contributed by atoms with Crippen molar-refractivity contribution < 1.29 is 9.26 Å². The van der Waals surface area contributed by atoms with Crippen molar-refractivity contribution in [3.8, 4) is 27.8 Å². The van der Waals surface area contributed by atoms with Crippen molar-refractivity contribution in [3.05, 3.63) is 53.5 Å². The number of hydrogen-bond donors (Lipinski definition) is 1. The van der Waals surface area contributed by atoms with Crippen LogP contribution in [-0.4, -0.2) is 26.6 Å². The normalized spacial score (nSPS) is 11.0. The minimum Gasteiger partial charge on any atom is -0.494 e. The Hall–Kier alpha value is -2.78. The van der Waals surface area contributed by atoms with Gasteiger partial charge in [0.25, 0.3) is 0 Å². The van der Waals surface area contributed by atoms with Crippen LogP contribution in [0.3, 0.4) is 0 Å². The second-order valence-corrected chi connectivity index (χ2v) is 7.47. The predicted molar refractivity (Wildman–Crippen MR) is 106 cm³/mol. The molecule has 3 heterocycles. The van der Waals surface area contributed by atoms with Gasteiger partial charge in [0.15, 0.2) is 11.6 Å². The molecular weight excluding hydrogens is 382 g/mol. The van der Waals surface area contributed by atoms with Crippen molar-refractivity contribution in [1.82, 2.24) is 20.0 Å². The Labute approximate surface area is 164 Å². The van der Waals surface area contributed by atoms with E-state index in [9.17, 15) is 0 Å². The highest BCUT2D eigenvalue weighted by atomic mass is 32.2. The average molecular weight is 400 g/mol. The molecule has 4 rings (SSSR count). The van der Waals surface area contributed by atoms with Crippen LogP contribution in [0.15, 0.2) is 57.5 Å². The third kappa shape index (κ3) is 3.83. The van der Waals surface area contributed by atoms with Gasteiger partial charge in [-0.25, -0.2) is 4.68 Å². The van der Waals surface area contributed by atoms with Gasteiger partial charge < -0.3 is 15.1 Å². The van der Waals surface area contributed by atoms with Gasteiger partial charge in [-0.05, 0) is 42.6 Å². The van der Waals surface area contributed by atoms with Gasteiger partial charge >= 0.3 is 0 Å². The van der Waals surface area contributed by atoms with Crippen LogP contribution in [-0.2, 0) is 5.75 Å². The summed E-state index contributed by atoms with van der Waals surface area (Å²) in [4.78, 5) is 1.05. The summed E-state index contributed by atoms with van der Waals surface area (Å²) in [5.74, 6) is 8.94. The number of aromatic nitrogens is 4. The number of ether oxygens (including phenoxy) is 1. The van der Waals surface area contributed by atoms with Crippen molar-refractivity contribution in [1.29, 1.82) is 0 Å². The summed E-state index contributed by atoms with van der Waals surface area (Å²) in [6, 6.07) is 13.5. The summed E-state index contributed by atoms with van der Waals surface area (Å²) in [6.07, 6.45) is 0. The van der Waals surface area contributed by atoms with Crippen LogP contribution < -0.4 is 10.6 Å². The number of nitrogens with zero attached hydrogens (tertiary/aromatic N) is 4. The maximum Gasteiger partial charge on any atom is 0.210 e. The van der Waals surface area contributed by atoms with Gasteiger partial charge in [-0.3, -0.25) is 0 Å². The van der Waals surface area contributed by atoms with Gasteiger partial charge in [0.05, 0.1) is 17.2 Å². The number of hydrogen-bond acceptors (Lipinski definition) is 8. The minimum atomic E-state index is 0.591. The zero-order chi connectivity index (χ0) is 18.6. The van der Waals surface area contributed by atoms with Crippen molar-refractivity contribution in [3.63, 3.8) is 0 Å². The SMILES string of the molecule is CCOc1ccc(-c2nnc(SCc3cc(-c4cccs4)on3)n2N)cc1. The summed E-state index contributed by atoms with van der Waals surface area (Å²) in [6.45, 7) is 2.58. The Morgan fingerprint density at radius 2 is 2.07 bits per heavy atom. The van der Waals surface area contributed by atoms with Gasteiger partial charge in [0.2, 0.25) is 5.16 Å². The molecular formula is C18H17N5O2S2. The maximum atomic E-state index is 6.18. The molecule has 0 atom stereocenters. The molecule has 0 aliphatic rings. The second kappa shape index (κ2) is 7.85. The molecule has 27 heavy (non-hydrogen) atoms. The average Bonchev–Trinajstić information content (AvgIpc) is 3.42. The monoisotopic (exact) mass is 399 g/mol. The van der Waals surface area contributed by atoms with Crippen LogP contribution in [0.1, 0.15) is 12.6 Å². The van der Waals surface area contributed by atoms with Crippen LogP contribution in [0.25, 0.3) is 22.0 Å². The zero-order valence-corrected chi connectivity index (χ0v) is 16.2. The molecule has 0 amide bonds. The first-order chi connectivity index (χ1) is 13.2. The molecule has 0 saturated heterocycles. The lowest BCUT2D eigenvalue weighted by Crippen LogP contribution is -2.11. The van der Waals surface area contributed by atoms with Gasteiger partial charge in [-0.1, -0.05) is 23.0 Å². The molecule has 0 radical (unpaired) electrons. The van der Waals surface area contributed by atoms with Gasteiger partial charge in [0.1, 0.15) is 5.75 Å². The Morgan fingerprint density at radius 3 is 2.81 bits per heavy atom. The summed E-state index contributed by atoms with van der Waals surface area (Å²) in [7, 11) is 0. The third-order valence-corrected chi connectivity index (χ3v) is 5.62. The zero-order valence-electron chi connectivity index (χ0n) is 14.5. The van der Waals surface area contributed by atoms with Crippen LogP contribution in [0, 0.1) is 0 Å². The summed E-state index contributed by atoms with van der Waals surface area (Å²) in [5.41, 5.74) is 1.70. The standard InChI is InChI=1S/C18H17N5O2S2/c1-2-24-14-7-5-12(6-8-14)17-20-21-18(23(17)19)27-11-13-10-15(25-22-13)16-4-3-9-26-16/h3-10H,2,11,19H2,1H3. The smallest absolute Gasteiger partial charge is 0.210 e. The summed E-state index contributed by atoms with van der Waals surface area (Å²) >= 11 is 3.07. The number of thiophene rings is 1. The molecule has 2 N–H and O–H groups in total. The number of nitrogen functional groups attached to an aromatic ring is 1. The van der Waals surface area contributed by atoms with E-state index in [2.05, 4.69) is 15.4 Å². The second-order valence-electron chi connectivity index (χ2n) is 5.58. The first-order valence-corrected chi connectivity index (χ1v) is 10.2. The molecule has 0 unspecified atom stereocenters. The molecule has 9 heteroatoms. The number of rotatable bonds is 7. The van der Waals surface area contributed by atoms with E-state index < -0.39 is 0 Å². The fraction of sp³-hybridized carbons (Fsp3) is 0.167. The molecule has 7 nitrogen and oxygen atoms in total. The minimum absolute atomic E-state index is 0.591. The number of benzene rings is 1. The van der Waals surface area contributed by atoms with E-state index in [4.69, 9.17) is 15.1 Å². The predicted octanol–water partition coefficient (Wildman–Crippen LogP) is 4.07. The highest BCUT2D eigenvalue weighted by Crippen LogP contribution is 2.29. The molecule has 0 aliphatic carbocycles. The Morgan fingerprint density at radius 1 is 1.22 bits per heavy atom. The van der Waals surface area contributed by atoms with Crippen molar-refractivity contribution in [2.75, 3.05) is 12.4 Å². The largest absolute Gasteiger partial charge is 0.494 e. The molecule has 138 valence electrons. The van der Waals surface area contributed by atoms with Gasteiger partial charge in [0, 0.05) is 17.4 Å². The molecule has 0 saturated carbocycles. The van der Waals surface area contributed by atoms with Crippen molar-refractivity contribution >= 4 is 23.1 Å². The van der Waals surface area contributed by atoms with E-state index in [1.165, 1.54) is 16.4 Å². The highest BCUT2D eigenvalue weighted by Gasteiger charge is 2.14. The summed E-state index contributed by atoms with van der Waals surface area (Å²) < 4.78 is 12.3. The highest BCUT2D eigenvalue weighted by molar-refractivity contribution is 7.98. The number of thioether (sulfide) groups is 1. The maximum absolute atomic E-state index is 6.18. The van der Waals surface area contributed by atoms with E-state index in [1.807, 2.05) is 54.8 Å². The van der Waals surface area contributed by atoms with Crippen LogP contribution >= 0.6 is 23.1 Å². The van der Waals surface area contributed by atoms with Crippen LogP contribution in [0.4, 0.5) is 0 Å². The van der Waals surface area contributed by atoms with E-state index >= 15 is 0 Å². The summed E-state index contributed by atoms with van der Waals surface area (Å²) in [5, 5.41) is 15.1. The molecule has 0 bridgehead atoms. The number of nitrogens with two attached hydrogens (primary N) is 1. The first kappa shape index (κ1) is 17.6. The fourth-order valence-electron chi connectivity index (χ4n) is 2.49. The van der Waals surface area contributed by atoms with E-state index in [1.54, 1.807) is 11.3 Å². The lowest BCUT2D eigenvalue weighted by atomic mass is 10.2. The lowest BCUT2D eigenvalue weighted by molar-refractivity contribution is 0.340. The molecule has 4 aromatic rings. The lowest BCUT2D eigenvalue weighted by Gasteiger charge is -2.05. The van der Waals surface area contributed by atoms with Gasteiger partial charge in [-0.2, -0.15) is 0 Å². The Bertz CT molecular complexity index is 1010. The van der Waals surface area contributed by atoms with E-state index in [0.29, 0.717) is 23.3 Å². The molecule has 0 fully saturated rings. The Kier molecular flexibility index (Phi) is 5.12. The molecule has 0 aliphatic heterocycles. The van der Waals surface area contributed by atoms with E-state index in [-0.39, 0.29) is 0 Å².